The van der Waals surface area contributed by atoms with Crippen molar-refractivity contribution >= 4 is 34.8 Å². The number of nitrogens with one attached hydrogen (secondary N) is 1. The number of halogens is 2. The third-order valence-electron chi connectivity index (χ3n) is 4.34. The van der Waals surface area contributed by atoms with E-state index in [1.807, 2.05) is 44.4 Å². The zero-order valence-corrected chi connectivity index (χ0v) is 15.9. The molecule has 0 saturated carbocycles. The van der Waals surface area contributed by atoms with E-state index in [0.29, 0.717) is 21.5 Å². The van der Waals surface area contributed by atoms with Crippen molar-refractivity contribution in [2.24, 2.45) is 0 Å². The molecule has 3 rings (SSSR count). The highest BCUT2D eigenvalue weighted by atomic mass is 35.5. The lowest BCUT2D eigenvalue weighted by molar-refractivity contribution is -0.114. The Morgan fingerprint density at radius 2 is 2.00 bits per heavy atom. The van der Waals surface area contributed by atoms with E-state index in [0.717, 1.165) is 17.5 Å². The molecular weight excluding hydrogens is 359 g/mol. The van der Waals surface area contributed by atoms with Crippen molar-refractivity contribution in [2.75, 3.05) is 19.4 Å². The molecule has 1 aliphatic carbocycles. The van der Waals surface area contributed by atoms with Crippen molar-refractivity contribution in [1.82, 2.24) is 4.90 Å². The number of anilines is 1. The number of amides is 1. The summed E-state index contributed by atoms with van der Waals surface area (Å²) >= 11 is 12.6. The standard InChI is InChI=1S/C19H20Cl2N2O2/c1-11(24)22-13-5-4-6-14(9-13)25-19-16-7-12(20)8-17(21)15(16)10-18(19)23(2)3/h4-9,18-19H,10H2,1-3H3,(H,22,24)/t18-,19-/m0/s1. The van der Waals surface area contributed by atoms with Crippen LogP contribution in [0.4, 0.5) is 5.69 Å². The number of hydrogen-bond donors (Lipinski definition) is 1. The molecule has 0 saturated heterocycles. The van der Waals surface area contributed by atoms with Crippen LogP contribution in [0, 0.1) is 0 Å². The number of fused-ring (bicyclic) bond motifs is 1. The maximum Gasteiger partial charge on any atom is 0.221 e. The second-order valence-corrected chi connectivity index (χ2v) is 7.28. The first-order chi connectivity index (χ1) is 11.8. The Hall–Kier alpha value is -1.75. The van der Waals surface area contributed by atoms with Crippen molar-refractivity contribution in [1.29, 1.82) is 0 Å². The topological polar surface area (TPSA) is 41.6 Å². The normalized spacial score (nSPS) is 19.0. The Morgan fingerprint density at radius 1 is 1.24 bits per heavy atom. The highest BCUT2D eigenvalue weighted by Crippen LogP contribution is 2.42. The van der Waals surface area contributed by atoms with Gasteiger partial charge in [0.05, 0.1) is 6.04 Å². The minimum atomic E-state index is -0.186. The number of ether oxygens (including phenoxy) is 1. The van der Waals surface area contributed by atoms with Crippen LogP contribution in [0.25, 0.3) is 0 Å². The van der Waals surface area contributed by atoms with Crippen molar-refractivity contribution in [3.63, 3.8) is 0 Å². The molecule has 0 aromatic heterocycles. The molecule has 6 heteroatoms. The van der Waals surface area contributed by atoms with Gasteiger partial charge in [0.25, 0.3) is 0 Å². The van der Waals surface area contributed by atoms with E-state index in [9.17, 15) is 4.79 Å². The second-order valence-electron chi connectivity index (χ2n) is 6.44. The molecule has 2 aromatic rings. The van der Waals surface area contributed by atoms with Gasteiger partial charge < -0.3 is 15.0 Å². The molecule has 2 atom stereocenters. The van der Waals surface area contributed by atoms with Gasteiger partial charge in [0.2, 0.25) is 5.91 Å². The Balaban J connectivity index is 1.94. The summed E-state index contributed by atoms with van der Waals surface area (Å²) in [6, 6.07) is 11.2. The van der Waals surface area contributed by atoms with E-state index in [-0.39, 0.29) is 18.1 Å². The molecule has 4 nitrogen and oxygen atoms in total. The molecule has 25 heavy (non-hydrogen) atoms. The van der Waals surface area contributed by atoms with Crippen LogP contribution in [0.3, 0.4) is 0 Å². The minimum Gasteiger partial charge on any atom is -0.484 e. The van der Waals surface area contributed by atoms with Gasteiger partial charge in [-0.05, 0) is 50.3 Å². The number of hydrogen-bond acceptors (Lipinski definition) is 3. The number of carbonyl (C=O) groups excluding carboxylic acids is 1. The van der Waals surface area contributed by atoms with E-state index in [2.05, 4.69) is 10.2 Å². The molecule has 1 aliphatic rings. The minimum absolute atomic E-state index is 0.118. The van der Waals surface area contributed by atoms with Crippen LogP contribution in [0.5, 0.6) is 5.75 Å². The number of carbonyl (C=O) groups is 1. The molecular formula is C19H20Cl2N2O2. The first kappa shape index (κ1) is 18.1. The number of benzene rings is 2. The molecule has 0 spiro atoms. The molecule has 2 aromatic carbocycles. The number of rotatable bonds is 4. The lowest BCUT2D eigenvalue weighted by Gasteiger charge is -2.27. The summed E-state index contributed by atoms with van der Waals surface area (Å²) in [6.45, 7) is 1.48. The van der Waals surface area contributed by atoms with Crippen LogP contribution in [0.1, 0.15) is 24.2 Å². The fraction of sp³-hybridized carbons (Fsp3) is 0.316. The van der Waals surface area contributed by atoms with Gasteiger partial charge in [-0.15, -0.1) is 0 Å². The summed E-state index contributed by atoms with van der Waals surface area (Å²) in [5.74, 6) is 0.570. The summed E-state index contributed by atoms with van der Waals surface area (Å²) in [6.07, 6.45) is 0.614. The van der Waals surface area contributed by atoms with E-state index >= 15 is 0 Å². The van der Waals surface area contributed by atoms with Crippen molar-refractivity contribution in [3.05, 3.63) is 57.6 Å². The fourth-order valence-corrected chi connectivity index (χ4v) is 3.79. The zero-order chi connectivity index (χ0) is 18.1. The molecule has 0 radical (unpaired) electrons. The van der Waals surface area contributed by atoms with Crippen LogP contribution >= 0.6 is 23.2 Å². The van der Waals surface area contributed by atoms with Crippen LogP contribution in [-0.2, 0) is 11.2 Å². The predicted molar refractivity (Wildman–Crippen MR) is 102 cm³/mol. The Bertz CT molecular complexity index is 808. The molecule has 1 N–H and O–H groups in total. The fourth-order valence-electron chi connectivity index (χ4n) is 3.21. The number of likely N-dealkylation sites (N-methyl/N-ethyl adjacent to an activating group) is 1. The van der Waals surface area contributed by atoms with Crippen molar-refractivity contribution in [2.45, 2.75) is 25.5 Å². The third-order valence-corrected chi connectivity index (χ3v) is 4.90. The van der Waals surface area contributed by atoms with Crippen molar-refractivity contribution in [3.8, 4) is 5.75 Å². The Kier molecular flexibility index (Phi) is 5.23. The van der Waals surface area contributed by atoms with Gasteiger partial charge in [-0.1, -0.05) is 29.3 Å². The van der Waals surface area contributed by atoms with Crippen LogP contribution < -0.4 is 10.1 Å². The van der Waals surface area contributed by atoms with Crippen molar-refractivity contribution < 1.29 is 9.53 Å². The van der Waals surface area contributed by atoms with Crippen LogP contribution in [0.2, 0.25) is 10.0 Å². The Labute approximate surface area is 157 Å². The van der Waals surface area contributed by atoms with E-state index in [1.165, 1.54) is 6.92 Å². The van der Waals surface area contributed by atoms with Gasteiger partial charge in [-0.25, -0.2) is 0 Å². The van der Waals surface area contributed by atoms with Gasteiger partial charge in [0.1, 0.15) is 11.9 Å². The average Bonchev–Trinajstić information content (AvgIpc) is 2.86. The first-order valence-electron chi connectivity index (χ1n) is 8.03. The zero-order valence-electron chi connectivity index (χ0n) is 14.3. The lowest BCUT2D eigenvalue weighted by Crippen LogP contribution is -2.34. The van der Waals surface area contributed by atoms with E-state index < -0.39 is 0 Å². The summed E-state index contributed by atoms with van der Waals surface area (Å²) in [4.78, 5) is 13.4. The van der Waals surface area contributed by atoms with E-state index in [4.69, 9.17) is 27.9 Å². The highest BCUT2D eigenvalue weighted by Gasteiger charge is 2.37. The Morgan fingerprint density at radius 3 is 2.68 bits per heavy atom. The first-order valence-corrected chi connectivity index (χ1v) is 8.79. The van der Waals surface area contributed by atoms with Gasteiger partial charge in [-0.2, -0.15) is 0 Å². The largest absolute Gasteiger partial charge is 0.484 e. The average molecular weight is 379 g/mol. The maximum absolute atomic E-state index is 11.3. The molecule has 0 heterocycles. The molecule has 0 unspecified atom stereocenters. The van der Waals surface area contributed by atoms with Crippen LogP contribution in [-0.4, -0.2) is 30.9 Å². The van der Waals surface area contributed by atoms with Gasteiger partial charge in [-0.3, -0.25) is 4.79 Å². The molecule has 0 bridgehead atoms. The highest BCUT2D eigenvalue weighted by molar-refractivity contribution is 6.35. The van der Waals surface area contributed by atoms with Crippen LogP contribution in [0.15, 0.2) is 36.4 Å². The summed E-state index contributed by atoms with van der Waals surface area (Å²) < 4.78 is 6.30. The smallest absolute Gasteiger partial charge is 0.221 e. The molecule has 1 amide bonds. The SMILES string of the molecule is CC(=O)Nc1cccc(O[C@H]2c3cc(Cl)cc(Cl)c3C[C@@H]2N(C)C)c1. The van der Waals surface area contributed by atoms with Gasteiger partial charge >= 0.3 is 0 Å². The summed E-state index contributed by atoms with van der Waals surface area (Å²) in [5, 5.41) is 4.04. The molecule has 132 valence electrons. The second kappa shape index (κ2) is 7.24. The summed E-state index contributed by atoms with van der Waals surface area (Å²) in [7, 11) is 4.05. The van der Waals surface area contributed by atoms with E-state index in [1.54, 1.807) is 6.07 Å². The third kappa shape index (κ3) is 3.92. The monoisotopic (exact) mass is 378 g/mol. The molecule has 0 aliphatic heterocycles. The quantitative estimate of drug-likeness (QED) is 0.847. The summed E-state index contributed by atoms with van der Waals surface area (Å²) in [5.41, 5.74) is 2.79. The van der Waals surface area contributed by atoms with Gasteiger partial charge in [0.15, 0.2) is 0 Å². The predicted octanol–water partition coefficient (Wildman–Crippen LogP) is 4.56. The maximum atomic E-state index is 11.3. The van der Waals surface area contributed by atoms with Gasteiger partial charge in [0, 0.05) is 34.3 Å². The number of nitrogens with zero attached hydrogens (tertiary/aromatic N) is 1. The lowest BCUT2D eigenvalue weighted by atomic mass is 10.1. The molecule has 0 fully saturated rings.